The highest BCUT2D eigenvalue weighted by atomic mass is 35.5. The van der Waals surface area contributed by atoms with Gasteiger partial charge in [0.05, 0.1) is 21.4 Å². The summed E-state index contributed by atoms with van der Waals surface area (Å²) in [7, 11) is 1.86. The predicted octanol–water partition coefficient (Wildman–Crippen LogP) is 9.43. The molecule has 230 valence electrons. The first-order chi connectivity index (χ1) is 21.0. The first-order valence-corrected chi connectivity index (χ1v) is 15.5. The predicted molar refractivity (Wildman–Crippen MR) is 183 cm³/mol. The molecule has 0 aliphatic rings. The van der Waals surface area contributed by atoms with E-state index in [1.807, 2.05) is 64.2 Å². The Morgan fingerprint density at radius 3 is 2.43 bits per heavy atom. The summed E-state index contributed by atoms with van der Waals surface area (Å²) in [6, 6.07) is 20.8. The van der Waals surface area contributed by atoms with E-state index in [-0.39, 0.29) is 33.3 Å². The number of rotatable bonds is 12. The number of aryl methyl sites for hydroxylation is 1. The maximum atomic E-state index is 14.2. The van der Waals surface area contributed by atoms with E-state index in [4.69, 9.17) is 33.2 Å². The van der Waals surface area contributed by atoms with Gasteiger partial charge in [0, 0.05) is 41.5 Å². The summed E-state index contributed by atoms with van der Waals surface area (Å²) >= 11 is 12.7. The number of aliphatic imine (C=N–C) groups is 1. The molecule has 2 atom stereocenters. The molecule has 2 unspecified atom stereocenters. The van der Waals surface area contributed by atoms with Crippen molar-refractivity contribution in [2.24, 2.45) is 4.99 Å². The number of hydrogen-bond acceptors (Lipinski definition) is 5. The third-order valence-corrected chi connectivity index (χ3v) is 8.68. The molecule has 0 amide bonds. The van der Waals surface area contributed by atoms with Gasteiger partial charge in [-0.05, 0) is 80.3 Å². The lowest BCUT2D eigenvalue weighted by molar-refractivity contribution is 0.460. The Hall–Kier alpha value is -3.71. The fourth-order valence-corrected chi connectivity index (χ4v) is 5.51. The summed E-state index contributed by atoms with van der Waals surface area (Å²) in [5.41, 5.74) is 7.90. The molecular formula is C36H39Cl2FN4O. The smallest absolute Gasteiger partial charge is 0.145 e. The summed E-state index contributed by atoms with van der Waals surface area (Å²) in [5.74, 6) is -0.934. The van der Waals surface area contributed by atoms with E-state index in [9.17, 15) is 9.50 Å². The van der Waals surface area contributed by atoms with Crippen molar-refractivity contribution in [1.82, 2.24) is 15.6 Å². The zero-order chi connectivity index (χ0) is 32.0. The summed E-state index contributed by atoms with van der Waals surface area (Å²) in [5, 5.41) is 18.0. The van der Waals surface area contributed by atoms with Crippen LogP contribution in [0.1, 0.15) is 67.0 Å². The van der Waals surface area contributed by atoms with Crippen molar-refractivity contribution >= 4 is 40.3 Å². The van der Waals surface area contributed by atoms with Gasteiger partial charge in [0.1, 0.15) is 17.3 Å². The van der Waals surface area contributed by atoms with E-state index in [1.165, 1.54) is 12.1 Å². The number of likely N-dealkylation sites (N-methyl/N-ethyl adjacent to an activating group) is 1. The molecule has 0 bridgehead atoms. The quantitative estimate of drug-likeness (QED) is 0.107. The van der Waals surface area contributed by atoms with Crippen LogP contribution in [0.4, 0.5) is 10.1 Å². The molecule has 3 aromatic carbocycles. The Balaban J connectivity index is 1.77. The molecule has 0 aliphatic carbocycles. The molecule has 1 heterocycles. The molecule has 0 saturated heterocycles. The molecule has 44 heavy (non-hydrogen) atoms. The monoisotopic (exact) mass is 632 g/mol. The van der Waals surface area contributed by atoms with Gasteiger partial charge >= 0.3 is 0 Å². The molecule has 4 rings (SSSR count). The van der Waals surface area contributed by atoms with Crippen LogP contribution in [-0.2, 0) is 0 Å². The van der Waals surface area contributed by atoms with Crippen LogP contribution in [0, 0.1) is 12.7 Å². The summed E-state index contributed by atoms with van der Waals surface area (Å²) < 4.78 is 14.2. The topological polar surface area (TPSA) is 69.5 Å². The van der Waals surface area contributed by atoms with Gasteiger partial charge in [-0.15, -0.1) is 0 Å². The van der Waals surface area contributed by atoms with Gasteiger partial charge in [0.25, 0.3) is 0 Å². The van der Waals surface area contributed by atoms with Crippen LogP contribution in [0.15, 0.2) is 78.3 Å². The normalized spacial score (nSPS) is 13.0. The lowest BCUT2D eigenvalue weighted by atomic mass is 9.90. The van der Waals surface area contributed by atoms with Crippen molar-refractivity contribution in [1.29, 1.82) is 0 Å². The fourth-order valence-electron chi connectivity index (χ4n) is 5.10. The number of benzene rings is 3. The summed E-state index contributed by atoms with van der Waals surface area (Å²) in [4.78, 5) is 9.66. The lowest BCUT2D eigenvalue weighted by Gasteiger charge is -2.24. The number of nitrogens with zero attached hydrogens (tertiary/aromatic N) is 2. The molecular weight excluding hydrogens is 594 g/mol. The van der Waals surface area contributed by atoms with Gasteiger partial charge < -0.3 is 15.7 Å². The fraction of sp³-hybridized carbons (Fsp3) is 0.278. The zero-order valence-electron chi connectivity index (χ0n) is 25.8. The van der Waals surface area contributed by atoms with E-state index in [1.54, 1.807) is 0 Å². The first kappa shape index (κ1) is 33.2. The SMILES string of the molecule is C=C(NCC(c1ccccc1)c1cc(C(C)CNC)c(O)c(-c2ccc(F)c(Cl)c2Cl)n1)c1ccc(N=C(C)CC)c(C)c1. The van der Waals surface area contributed by atoms with Gasteiger partial charge in [-0.25, -0.2) is 9.37 Å². The third-order valence-electron chi connectivity index (χ3n) is 7.82. The number of nitrogens with one attached hydrogen (secondary N) is 2. The summed E-state index contributed by atoms with van der Waals surface area (Å²) in [6.45, 7) is 13.6. The summed E-state index contributed by atoms with van der Waals surface area (Å²) in [6.07, 6.45) is 0.902. The van der Waals surface area contributed by atoms with Crippen molar-refractivity contribution in [3.63, 3.8) is 0 Å². The molecule has 5 nitrogen and oxygen atoms in total. The van der Waals surface area contributed by atoms with Gasteiger partial charge in [0.2, 0.25) is 0 Å². The van der Waals surface area contributed by atoms with Gasteiger partial charge in [-0.3, -0.25) is 4.99 Å². The number of pyridine rings is 1. The number of halogens is 3. The van der Waals surface area contributed by atoms with Crippen LogP contribution < -0.4 is 10.6 Å². The standard InChI is InChI=1S/C36H39Cl2FN4O/c1-7-23(4)42-31-16-13-26(17-21(31)2)24(5)41-20-29(25-11-9-8-10-12-25)32-18-28(22(3)19-40-6)36(44)35(43-32)27-14-15-30(39)34(38)33(27)37/h8-18,22,29,40-41,44H,5,7,19-20H2,1-4,6H3. The Kier molecular flexibility index (Phi) is 11.2. The Bertz CT molecular complexity index is 1670. The van der Waals surface area contributed by atoms with Crippen LogP contribution in [0.3, 0.4) is 0 Å². The van der Waals surface area contributed by atoms with Crippen molar-refractivity contribution in [3.05, 3.63) is 117 Å². The molecule has 0 fully saturated rings. The molecule has 1 aromatic heterocycles. The zero-order valence-corrected chi connectivity index (χ0v) is 27.3. The second-order valence-electron chi connectivity index (χ2n) is 11.0. The minimum Gasteiger partial charge on any atom is -0.505 e. The van der Waals surface area contributed by atoms with Crippen LogP contribution in [0.25, 0.3) is 17.0 Å². The average molecular weight is 634 g/mol. The first-order valence-electron chi connectivity index (χ1n) is 14.7. The van der Waals surface area contributed by atoms with Gasteiger partial charge in [0.15, 0.2) is 0 Å². The molecule has 0 spiro atoms. The van der Waals surface area contributed by atoms with E-state index < -0.39 is 5.82 Å². The van der Waals surface area contributed by atoms with Gasteiger partial charge in [-0.1, -0.05) is 80.0 Å². The average Bonchev–Trinajstić information content (AvgIpc) is 3.02. The van der Waals surface area contributed by atoms with Crippen LogP contribution >= 0.6 is 23.2 Å². The Morgan fingerprint density at radius 2 is 1.77 bits per heavy atom. The van der Waals surface area contributed by atoms with Crippen molar-refractivity contribution in [2.45, 2.75) is 46.0 Å². The number of hydrogen-bond donors (Lipinski definition) is 3. The molecule has 0 aliphatic heterocycles. The van der Waals surface area contributed by atoms with E-state index >= 15 is 0 Å². The van der Waals surface area contributed by atoms with E-state index in [0.717, 1.165) is 45.9 Å². The second kappa shape index (κ2) is 14.8. The highest BCUT2D eigenvalue weighted by Gasteiger charge is 2.25. The van der Waals surface area contributed by atoms with Crippen molar-refractivity contribution in [2.75, 3.05) is 20.1 Å². The van der Waals surface area contributed by atoms with Crippen LogP contribution in [0.5, 0.6) is 5.75 Å². The van der Waals surface area contributed by atoms with E-state index in [2.05, 4.69) is 42.3 Å². The molecule has 0 saturated carbocycles. The second-order valence-corrected chi connectivity index (χ2v) is 11.8. The maximum Gasteiger partial charge on any atom is 0.145 e. The lowest BCUT2D eigenvalue weighted by Crippen LogP contribution is -2.22. The Labute approximate surface area is 269 Å². The molecule has 8 heteroatoms. The number of aromatic nitrogens is 1. The Morgan fingerprint density at radius 1 is 1.05 bits per heavy atom. The van der Waals surface area contributed by atoms with Crippen LogP contribution in [0.2, 0.25) is 10.0 Å². The third kappa shape index (κ3) is 7.49. The highest BCUT2D eigenvalue weighted by Crippen LogP contribution is 2.42. The maximum absolute atomic E-state index is 14.2. The minimum atomic E-state index is -0.639. The van der Waals surface area contributed by atoms with Crippen LogP contribution in [-0.4, -0.2) is 35.9 Å². The van der Waals surface area contributed by atoms with Crippen molar-refractivity contribution < 1.29 is 9.50 Å². The largest absolute Gasteiger partial charge is 0.505 e. The minimum absolute atomic E-state index is 0.00104. The van der Waals surface area contributed by atoms with E-state index in [0.29, 0.717) is 24.2 Å². The van der Waals surface area contributed by atoms with Gasteiger partial charge in [-0.2, -0.15) is 0 Å². The molecule has 3 N–H and O–H groups in total. The number of aromatic hydroxyl groups is 1. The molecule has 0 radical (unpaired) electrons. The molecule has 4 aromatic rings. The highest BCUT2D eigenvalue weighted by molar-refractivity contribution is 6.43. The van der Waals surface area contributed by atoms with Crippen molar-refractivity contribution in [3.8, 4) is 17.0 Å².